The molecule has 5 aromatic rings. The minimum atomic E-state index is -1.53. The second-order valence-corrected chi connectivity index (χ2v) is 11.9. The van der Waals surface area contributed by atoms with Gasteiger partial charge in [0, 0.05) is 23.0 Å². The minimum Gasteiger partial charge on any atom is -0.384 e. The number of benzene rings is 5. The quantitative estimate of drug-likeness (QED) is 0.202. The predicted octanol–water partition coefficient (Wildman–Crippen LogP) is 8.46. The number of aliphatic hydroxyl groups is 1. The van der Waals surface area contributed by atoms with Crippen LogP contribution in [-0.2, 0) is 5.60 Å². The highest BCUT2D eigenvalue weighted by atomic mass is 16.3. The Balaban J connectivity index is 1.65. The van der Waals surface area contributed by atoms with E-state index in [4.69, 9.17) is 0 Å². The molecule has 214 valence electrons. The molecule has 5 atom stereocenters. The summed E-state index contributed by atoms with van der Waals surface area (Å²) in [6.45, 7) is 4.07. The van der Waals surface area contributed by atoms with E-state index in [1.807, 2.05) is 117 Å². The van der Waals surface area contributed by atoms with E-state index in [1.54, 1.807) is 12.1 Å². The lowest BCUT2D eigenvalue weighted by Crippen LogP contribution is -2.53. The van der Waals surface area contributed by atoms with Gasteiger partial charge in [-0.25, -0.2) is 0 Å². The number of carbonyl (C=O) groups is 2. The Morgan fingerprint density at radius 2 is 1.02 bits per heavy atom. The Bertz CT molecular complexity index is 1690. The van der Waals surface area contributed by atoms with Gasteiger partial charge in [0.2, 0.25) is 0 Å². The van der Waals surface area contributed by atoms with Crippen LogP contribution in [0.3, 0.4) is 0 Å². The van der Waals surface area contributed by atoms with Crippen molar-refractivity contribution in [3.8, 4) is 0 Å². The van der Waals surface area contributed by atoms with Crippen molar-refractivity contribution in [1.29, 1.82) is 0 Å². The van der Waals surface area contributed by atoms with Crippen LogP contribution in [-0.4, -0.2) is 16.7 Å². The maximum absolute atomic E-state index is 14.8. The summed E-state index contributed by atoms with van der Waals surface area (Å²) in [4.78, 5) is 29.5. The third-order valence-corrected chi connectivity index (χ3v) is 9.17. The first kappa shape index (κ1) is 28.5. The molecular formula is C40H36O3. The molecule has 1 aliphatic rings. The number of hydrogen-bond acceptors (Lipinski definition) is 3. The number of Topliss-reactive ketones (excluding diaryl/α,β-unsaturated/α-hetero) is 2. The van der Waals surface area contributed by atoms with Crippen LogP contribution in [0.25, 0.3) is 0 Å². The highest BCUT2D eigenvalue weighted by Gasteiger charge is 2.58. The summed E-state index contributed by atoms with van der Waals surface area (Å²) in [5.74, 6) is -2.60. The number of ketones is 2. The number of hydrogen-bond donors (Lipinski definition) is 1. The van der Waals surface area contributed by atoms with Gasteiger partial charge in [-0.15, -0.1) is 0 Å². The lowest BCUT2D eigenvalue weighted by Gasteiger charge is -2.51. The molecule has 0 heterocycles. The third-order valence-electron chi connectivity index (χ3n) is 9.17. The molecule has 3 nitrogen and oxygen atoms in total. The second-order valence-electron chi connectivity index (χ2n) is 11.9. The van der Waals surface area contributed by atoms with Crippen molar-refractivity contribution in [3.05, 3.63) is 178 Å². The molecule has 1 fully saturated rings. The van der Waals surface area contributed by atoms with Crippen molar-refractivity contribution in [1.82, 2.24) is 0 Å². The van der Waals surface area contributed by atoms with Crippen LogP contribution in [0.4, 0.5) is 0 Å². The molecule has 0 amide bonds. The summed E-state index contributed by atoms with van der Waals surface area (Å²) in [6, 6.07) is 44.5. The van der Waals surface area contributed by atoms with Crippen LogP contribution in [0.2, 0.25) is 0 Å². The zero-order chi connectivity index (χ0) is 30.0. The Morgan fingerprint density at radius 1 is 0.581 bits per heavy atom. The van der Waals surface area contributed by atoms with Gasteiger partial charge in [0.1, 0.15) is 5.60 Å². The van der Waals surface area contributed by atoms with Crippen molar-refractivity contribution in [3.63, 3.8) is 0 Å². The van der Waals surface area contributed by atoms with E-state index in [2.05, 4.69) is 24.3 Å². The average Bonchev–Trinajstić information content (AvgIpc) is 3.05. The number of carbonyl (C=O) groups excluding carboxylic acids is 2. The average molecular weight is 565 g/mol. The third kappa shape index (κ3) is 5.49. The van der Waals surface area contributed by atoms with Crippen molar-refractivity contribution in [2.24, 2.45) is 11.8 Å². The monoisotopic (exact) mass is 564 g/mol. The lowest BCUT2D eigenvalue weighted by atomic mass is 9.52. The fraction of sp³-hybridized carbons (Fsp3) is 0.200. The standard InChI is InChI=1S/C40H36O3/c1-27-18-22-29(23-19-27)34-26-40(43,33-16-10-5-11-17-33)37(39(42)32-14-8-4-9-15-32)35(30-24-20-28(2)21-25-30)36(34)38(41)31-12-6-3-7-13-31/h3-25,34-37,43H,26H2,1-2H3. The summed E-state index contributed by atoms with van der Waals surface area (Å²) >= 11 is 0. The zero-order valence-corrected chi connectivity index (χ0v) is 24.6. The van der Waals surface area contributed by atoms with Crippen LogP contribution >= 0.6 is 0 Å². The maximum Gasteiger partial charge on any atom is 0.169 e. The van der Waals surface area contributed by atoms with Crippen molar-refractivity contribution in [2.45, 2.75) is 37.7 Å². The van der Waals surface area contributed by atoms with E-state index in [1.165, 1.54) is 0 Å². The highest BCUT2D eigenvalue weighted by molar-refractivity contribution is 6.03. The Morgan fingerprint density at radius 3 is 1.53 bits per heavy atom. The summed E-state index contributed by atoms with van der Waals surface area (Å²) in [7, 11) is 0. The molecular weight excluding hydrogens is 528 g/mol. The van der Waals surface area contributed by atoms with E-state index in [9.17, 15) is 14.7 Å². The second kappa shape index (κ2) is 11.9. The van der Waals surface area contributed by atoms with Crippen molar-refractivity contribution in [2.75, 3.05) is 0 Å². The fourth-order valence-electron chi connectivity index (χ4n) is 7.00. The molecule has 1 saturated carbocycles. The van der Waals surface area contributed by atoms with Crippen LogP contribution in [0.1, 0.15) is 66.8 Å². The molecule has 3 heteroatoms. The van der Waals surface area contributed by atoms with Gasteiger partial charge in [0.25, 0.3) is 0 Å². The van der Waals surface area contributed by atoms with Crippen LogP contribution < -0.4 is 0 Å². The topological polar surface area (TPSA) is 54.4 Å². The van der Waals surface area contributed by atoms with Gasteiger partial charge in [-0.2, -0.15) is 0 Å². The van der Waals surface area contributed by atoms with Gasteiger partial charge in [0.15, 0.2) is 11.6 Å². The van der Waals surface area contributed by atoms with Gasteiger partial charge in [-0.05, 0) is 42.9 Å². The molecule has 0 saturated heterocycles. The predicted molar refractivity (Wildman–Crippen MR) is 171 cm³/mol. The molecule has 5 aromatic carbocycles. The summed E-state index contributed by atoms with van der Waals surface area (Å²) < 4.78 is 0. The summed E-state index contributed by atoms with van der Waals surface area (Å²) in [5.41, 5.74) is 4.35. The molecule has 0 aromatic heterocycles. The molecule has 1 aliphatic carbocycles. The first-order valence-electron chi connectivity index (χ1n) is 15.0. The van der Waals surface area contributed by atoms with Gasteiger partial charge >= 0.3 is 0 Å². The minimum absolute atomic E-state index is 0.0160. The summed E-state index contributed by atoms with van der Waals surface area (Å²) in [6.07, 6.45) is 0.231. The van der Waals surface area contributed by atoms with E-state index >= 15 is 0 Å². The SMILES string of the molecule is Cc1ccc(C2CC(O)(c3ccccc3)C(C(=O)c3ccccc3)C(c3ccc(C)cc3)C2C(=O)c2ccccc2)cc1. The van der Waals surface area contributed by atoms with Crippen LogP contribution in [0.5, 0.6) is 0 Å². The van der Waals surface area contributed by atoms with Gasteiger partial charge < -0.3 is 5.11 Å². The Labute approximate surface area is 253 Å². The summed E-state index contributed by atoms with van der Waals surface area (Å²) in [5, 5.41) is 13.0. The van der Waals surface area contributed by atoms with Gasteiger partial charge in [-0.1, -0.05) is 151 Å². The number of aryl methyl sites for hydroxylation is 2. The molecule has 6 rings (SSSR count). The van der Waals surface area contributed by atoms with Gasteiger partial charge in [0.05, 0.1) is 5.92 Å². The maximum atomic E-state index is 14.8. The zero-order valence-electron chi connectivity index (χ0n) is 24.6. The molecule has 0 bridgehead atoms. The van der Waals surface area contributed by atoms with E-state index in [0.29, 0.717) is 16.7 Å². The molecule has 0 radical (unpaired) electrons. The molecule has 5 unspecified atom stereocenters. The molecule has 0 spiro atoms. The van der Waals surface area contributed by atoms with E-state index in [0.717, 1.165) is 22.3 Å². The Hall–Kier alpha value is -4.60. The largest absolute Gasteiger partial charge is 0.384 e. The molecule has 1 N–H and O–H groups in total. The normalized spacial score (nSPS) is 23.4. The van der Waals surface area contributed by atoms with Crippen molar-refractivity contribution < 1.29 is 14.7 Å². The highest BCUT2D eigenvalue weighted by Crippen LogP contribution is 2.58. The fourth-order valence-corrected chi connectivity index (χ4v) is 7.00. The smallest absolute Gasteiger partial charge is 0.169 e. The molecule has 0 aliphatic heterocycles. The first-order chi connectivity index (χ1) is 20.9. The van der Waals surface area contributed by atoms with Gasteiger partial charge in [-0.3, -0.25) is 9.59 Å². The first-order valence-corrected chi connectivity index (χ1v) is 15.0. The van der Waals surface area contributed by atoms with Crippen LogP contribution in [0.15, 0.2) is 140 Å². The van der Waals surface area contributed by atoms with Crippen LogP contribution in [0, 0.1) is 25.7 Å². The number of rotatable bonds is 7. The van der Waals surface area contributed by atoms with Crippen molar-refractivity contribution >= 4 is 11.6 Å². The Kier molecular flexibility index (Phi) is 7.92. The van der Waals surface area contributed by atoms with E-state index < -0.39 is 23.4 Å². The lowest BCUT2D eigenvalue weighted by molar-refractivity contribution is -0.0690. The molecule has 43 heavy (non-hydrogen) atoms. The van der Waals surface area contributed by atoms with E-state index in [-0.39, 0.29) is 23.9 Å².